The lowest BCUT2D eigenvalue weighted by Crippen LogP contribution is -2.46. The first-order valence-electron chi connectivity index (χ1n) is 17.2. The summed E-state index contributed by atoms with van der Waals surface area (Å²) in [6, 6.07) is 20.6. The number of hydrogen-bond donors (Lipinski definition) is 4. The number of pyridine rings is 1. The predicted molar refractivity (Wildman–Crippen MR) is 190 cm³/mol. The number of benzene rings is 2. The molecule has 4 N–H and O–H groups in total. The fraction of sp³-hybridized carbons (Fsp3) is 0.459. The van der Waals surface area contributed by atoms with E-state index in [2.05, 4.69) is 81.1 Å². The van der Waals surface area contributed by atoms with Crippen molar-refractivity contribution < 1.29 is 24.1 Å². The Morgan fingerprint density at radius 1 is 0.939 bits per heavy atom. The summed E-state index contributed by atoms with van der Waals surface area (Å²) in [5.74, 6) is 1.43. The van der Waals surface area contributed by atoms with Crippen LogP contribution in [0.3, 0.4) is 0 Å². The van der Waals surface area contributed by atoms with Gasteiger partial charge in [0.15, 0.2) is 11.6 Å². The zero-order valence-electron chi connectivity index (χ0n) is 28.6. The highest BCUT2D eigenvalue weighted by atomic mass is 16.5. The number of likely N-dealkylation sites (tertiary alicyclic amines) is 1. The molecule has 0 bridgehead atoms. The Morgan fingerprint density at radius 3 is 2.47 bits per heavy atom. The number of carboxylic acid groups (broad SMARTS) is 1. The molecule has 1 fully saturated rings. The minimum atomic E-state index is -0.965. The van der Waals surface area contributed by atoms with Gasteiger partial charge in [0.1, 0.15) is 12.4 Å². The zero-order chi connectivity index (χ0) is 34.3. The van der Waals surface area contributed by atoms with Crippen LogP contribution in [0.4, 0.5) is 11.4 Å². The number of hydrogen-bond acceptors (Lipinski definition) is 10. The average Bonchev–Trinajstić information content (AvgIpc) is 3.62. The van der Waals surface area contributed by atoms with Crippen LogP contribution in [0.1, 0.15) is 62.9 Å². The van der Waals surface area contributed by atoms with Crippen LogP contribution in [0.25, 0.3) is 11.4 Å². The number of anilines is 2. The number of carboxylic acids is 1. The number of nitrogens with one attached hydrogen (secondary N) is 3. The van der Waals surface area contributed by atoms with Gasteiger partial charge in [-0.25, -0.2) is 9.78 Å². The molecule has 262 valence electrons. The van der Waals surface area contributed by atoms with Crippen molar-refractivity contribution in [3.63, 3.8) is 0 Å². The highest BCUT2D eigenvalue weighted by Gasteiger charge is 2.38. The van der Waals surface area contributed by atoms with Gasteiger partial charge in [0.05, 0.1) is 25.4 Å². The monoisotopic (exact) mass is 671 g/mol. The maximum atomic E-state index is 10.4. The second kappa shape index (κ2) is 18.3. The summed E-state index contributed by atoms with van der Waals surface area (Å²) in [6.45, 7) is 5.81. The Balaban J connectivity index is 1.10. The summed E-state index contributed by atoms with van der Waals surface area (Å²) in [5.41, 5.74) is 3.77. The van der Waals surface area contributed by atoms with E-state index in [1.54, 1.807) is 12.4 Å². The summed E-state index contributed by atoms with van der Waals surface area (Å²) < 4.78 is 16.5. The van der Waals surface area contributed by atoms with Crippen LogP contribution in [-0.2, 0) is 19.8 Å². The van der Waals surface area contributed by atoms with Gasteiger partial charge in [-0.2, -0.15) is 5.10 Å². The van der Waals surface area contributed by atoms with Gasteiger partial charge in [0, 0.05) is 55.1 Å². The molecule has 1 atom stereocenters. The lowest BCUT2D eigenvalue weighted by atomic mass is 9.86. The third-order valence-electron chi connectivity index (χ3n) is 8.75. The molecule has 49 heavy (non-hydrogen) atoms. The van der Waals surface area contributed by atoms with E-state index in [4.69, 9.17) is 24.3 Å². The van der Waals surface area contributed by atoms with E-state index in [-0.39, 0.29) is 18.2 Å². The molecule has 0 amide bonds. The SMILES string of the molecule is CC(Nc1cccc(NC2(c3nc(-c4ccncc4)n[nH]3)CCN(C)CC2)c1)c1cccc(OCCCCCCOCCOCC(=O)O)c1. The highest BCUT2D eigenvalue weighted by molar-refractivity contribution is 5.68. The van der Waals surface area contributed by atoms with Gasteiger partial charge < -0.3 is 34.9 Å². The molecule has 1 unspecified atom stereocenters. The molecule has 0 aliphatic carbocycles. The molecule has 0 radical (unpaired) electrons. The third-order valence-corrected chi connectivity index (χ3v) is 8.75. The van der Waals surface area contributed by atoms with Crippen molar-refractivity contribution in [1.82, 2.24) is 25.1 Å². The smallest absolute Gasteiger partial charge is 0.329 e. The first-order chi connectivity index (χ1) is 23.9. The molecule has 12 nitrogen and oxygen atoms in total. The number of H-pyrrole nitrogens is 1. The van der Waals surface area contributed by atoms with Crippen LogP contribution in [0.2, 0.25) is 0 Å². The van der Waals surface area contributed by atoms with Gasteiger partial charge >= 0.3 is 5.97 Å². The summed E-state index contributed by atoms with van der Waals surface area (Å²) in [6.07, 6.45) is 9.35. The zero-order valence-corrected chi connectivity index (χ0v) is 28.6. The van der Waals surface area contributed by atoms with E-state index < -0.39 is 5.97 Å². The van der Waals surface area contributed by atoms with Crippen molar-refractivity contribution in [3.8, 4) is 17.1 Å². The van der Waals surface area contributed by atoms with Crippen LogP contribution < -0.4 is 15.4 Å². The molecule has 0 saturated carbocycles. The minimum absolute atomic E-state index is 0.0720. The molecule has 1 aliphatic rings. The van der Waals surface area contributed by atoms with Crippen LogP contribution in [0.15, 0.2) is 73.1 Å². The van der Waals surface area contributed by atoms with E-state index >= 15 is 0 Å². The molecule has 3 heterocycles. The first kappa shape index (κ1) is 35.8. The number of aromatic amines is 1. The number of rotatable bonds is 20. The quantitative estimate of drug-likeness (QED) is 0.0805. The molecule has 4 aromatic rings. The summed E-state index contributed by atoms with van der Waals surface area (Å²) in [4.78, 5) is 21.8. The van der Waals surface area contributed by atoms with E-state index in [0.717, 1.165) is 85.7 Å². The summed E-state index contributed by atoms with van der Waals surface area (Å²) >= 11 is 0. The fourth-order valence-corrected chi connectivity index (χ4v) is 5.93. The molecular weight excluding hydrogens is 622 g/mol. The number of piperidine rings is 1. The van der Waals surface area contributed by atoms with Crippen LogP contribution in [-0.4, -0.2) is 89.3 Å². The Bertz CT molecular complexity index is 1580. The van der Waals surface area contributed by atoms with Gasteiger partial charge in [-0.1, -0.05) is 24.6 Å². The number of nitrogens with zero attached hydrogens (tertiary/aromatic N) is 4. The van der Waals surface area contributed by atoms with Crippen molar-refractivity contribution in [1.29, 1.82) is 0 Å². The molecule has 0 spiro atoms. The molecule has 1 saturated heterocycles. The summed E-state index contributed by atoms with van der Waals surface area (Å²) in [5, 5.41) is 23.9. The normalized spacial score (nSPS) is 15.1. The summed E-state index contributed by atoms with van der Waals surface area (Å²) in [7, 11) is 2.16. The number of unbranched alkanes of at least 4 members (excludes halogenated alkanes) is 3. The standard InChI is InChI=1S/C37H49N7O5/c1-28(30-9-7-12-33(25-30)49-22-6-4-3-5-21-47-23-24-48-27-34(45)46)39-31-10-8-11-32(26-31)41-37(15-19-44(2)20-16-37)36-40-35(42-43-36)29-13-17-38-18-14-29/h7-14,17-18,25-26,28,39,41H,3-6,15-16,19-24,27H2,1-2H3,(H,45,46)(H,40,42,43). The first-order valence-corrected chi connectivity index (χ1v) is 17.2. The van der Waals surface area contributed by atoms with E-state index in [1.165, 1.54) is 0 Å². The van der Waals surface area contributed by atoms with Crippen LogP contribution >= 0.6 is 0 Å². The largest absolute Gasteiger partial charge is 0.494 e. The predicted octanol–water partition coefficient (Wildman–Crippen LogP) is 6.13. The molecule has 5 rings (SSSR count). The van der Waals surface area contributed by atoms with Gasteiger partial charge in [-0.15, -0.1) is 0 Å². The fourth-order valence-electron chi connectivity index (χ4n) is 5.93. The topological polar surface area (TPSA) is 147 Å². The van der Waals surface area contributed by atoms with Gasteiger partial charge in [0.2, 0.25) is 0 Å². The van der Waals surface area contributed by atoms with Crippen molar-refractivity contribution in [2.75, 3.05) is 63.8 Å². The van der Waals surface area contributed by atoms with Gasteiger partial charge in [-0.05, 0) is 94.1 Å². The van der Waals surface area contributed by atoms with E-state index in [9.17, 15) is 4.79 Å². The molecule has 12 heteroatoms. The molecule has 1 aliphatic heterocycles. The van der Waals surface area contributed by atoms with Crippen LogP contribution in [0.5, 0.6) is 5.75 Å². The Morgan fingerprint density at radius 2 is 1.67 bits per heavy atom. The van der Waals surface area contributed by atoms with Crippen molar-refractivity contribution in [2.45, 2.75) is 57.0 Å². The minimum Gasteiger partial charge on any atom is -0.494 e. The van der Waals surface area contributed by atoms with E-state index in [0.29, 0.717) is 32.3 Å². The molecule has 2 aromatic carbocycles. The Hall–Kier alpha value is -4.52. The Kier molecular flexibility index (Phi) is 13.4. The highest BCUT2D eigenvalue weighted by Crippen LogP contribution is 2.36. The van der Waals surface area contributed by atoms with E-state index in [1.807, 2.05) is 24.3 Å². The van der Waals surface area contributed by atoms with Crippen LogP contribution in [0, 0.1) is 0 Å². The number of aromatic nitrogens is 4. The molecule has 2 aromatic heterocycles. The Labute approximate surface area is 288 Å². The maximum absolute atomic E-state index is 10.4. The van der Waals surface area contributed by atoms with Crippen molar-refractivity contribution in [2.24, 2.45) is 0 Å². The van der Waals surface area contributed by atoms with Gasteiger partial charge in [0.25, 0.3) is 0 Å². The molecular formula is C37H49N7O5. The number of ether oxygens (including phenoxy) is 3. The lowest BCUT2D eigenvalue weighted by molar-refractivity contribution is -0.142. The lowest BCUT2D eigenvalue weighted by Gasteiger charge is -2.40. The second-order valence-electron chi connectivity index (χ2n) is 12.6. The van der Waals surface area contributed by atoms with Crippen molar-refractivity contribution in [3.05, 3.63) is 84.4 Å². The van der Waals surface area contributed by atoms with Gasteiger partial charge in [-0.3, -0.25) is 10.1 Å². The third kappa shape index (κ3) is 11.0. The van der Waals surface area contributed by atoms with Crippen molar-refractivity contribution >= 4 is 17.3 Å². The maximum Gasteiger partial charge on any atom is 0.329 e. The second-order valence-corrected chi connectivity index (χ2v) is 12.6. The number of aliphatic carboxylic acids is 1. The number of carbonyl (C=O) groups is 1. The average molecular weight is 672 g/mol.